The number of nitrogens with one attached hydrogen (secondary N) is 2. The van der Waals surface area contributed by atoms with Gasteiger partial charge in [0.2, 0.25) is 5.91 Å². The lowest BCUT2D eigenvalue weighted by atomic mass is 9.97. The standard InChI is InChI=1S/C10H20N2O2/c1-3-8(6-13)12-10(14)9-5-11-4-7(9)2/h7-9,11,13H,3-6H2,1-2H3,(H,12,14)/t7-,8+,9-/m1/s1. The molecular weight excluding hydrogens is 180 g/mol. The number of carbonyl (C=O) groups excluding carboxylic acids is 1. The van der Waals surface area contributed by atoms with E-state index in [1.165, 1.54) is 0 Å². The SMILES string of the molecule is CC[C@@H](CO)NC(=O)[C@@H]1CNC[C@H]1C. The highest BCUT2D eigenvalue weighted by molar-refractivity contribution is 5.79. The lowest BCUT2D eigenvalue weighted by Gasteiger charge is -2.19. The highest BCUT2D eigenvalue weighted by Crippen LogP contribution is 2.15. The second-order valence-corrected chi connectivity index (χ2v) is 4.04. The Morgan fingerprint density at radius 3 is 2.79 bits per heavy atom. The van der Waals surface area contributed by atoms with Crippen molar-refractivity contribution in [1.29, 1.82) is 0 Å². The molecule has 1 saturated heterocycles. The predicted molar refractivity (Wildman–Crippen MR) is 54.8 cm³/mol. The van der Waals surface area contributed by atoms with Gasteiger partial charge in [-0.25, -0.2) is 0 Å². The van der Waals surface area contributed by atoms with Gasteiger partial charge < -0.3 is 15.7 Å². The van der Waals surface area contributed by atoms with Crippen molar-refractivity contribution < 1.29 is 9.90 Å². The summed E-state index contributed by atoms with van der Waals surface area (Å²) in [6.45, 7) is 5.72. The number of rotatable bonds is 4. The molecule has 0 aromatic heterocycles. The maximum atomic E-state index is 11.7. The molecule has 0 bridgehead atoms. The molecule has 0 saturated carbocycles. The van der Waals surface area contributed by atoms with Crippen LogP contribution in [0.4, 0.5) is 0 Å². The number of hydrogen-bond donors (Lipinski definition) is 3. The molecule has 1 heterocycles. The number of amides is 1. The molecule has 1 aliphatic heterocycles. The third kappa shape index (κ3) is 2.69. The first-order valence-corrected chi connectivity index (χ1v) is 5.31. The maximum absolute atomic E-state index is 11.7. The number of hydrogen-bond acceptors (Lipinski definition) is 3. The first-order chi connectivity index (χ1) is 6.69. The molecule has 0 aromatic rings. The molecule has 1 aliphatic rings. The number of aliphatic hydroxyl groups is 1. The maximum Gasteiger partial charge on any atom is 0.225 e. The van der Waals surface area contributed by atoms with Gasteiger partial charge in [-0.05, 0) is 18.9 Å². The van der Waals surface area contributed by atoms with Crippen LogP contribution in [0.25, 0.3) is 0 Å². The van der Waals surface area contributed by atoms with E-state index in [4.69, 9.17) is 5.11 Å². The fraction of sp³-hybridized carbons (Fsp3) is 0.900. The first-order valence-electron chi connectivity index (χ1n) is 5.31. The normalized spacial score (nSPS) is 28.8. The van der Waals surface area contributed by atoms with E-state index < -0.39 is 0 Å². The second-order valence-electron chi connectivity index (χ2n) is 4.04. The molecule has 0 radical (unpaired) electrons. The predicted octanol–water partition coefficient (Wildman–Crippen LogP) is -0.271. The molecule has 4 nitrogen and oxygen atoms in total. The Labute approximate surface area is 85.1 Å². The molecule has 4 heteroatoms. The molecule has 3 N–H and O–H groups in total. The van der Waals surface area contributed by atoms with Crippen molar-refractivity contribution >= 4 is 5.91 Å². The molecule has 0 aliphatic carbocycles. The topological polar surface area (TPSA) is 61.4 Å². The van der Waals surface area contributed by atoms with Crippen LogP contribution in [0.3, 0.4) is 0 Å². The smallest absolute Gasteiger partial charge is 0.225 e. The highest BCUT2D eigenvalue weighted by atomic mass is 16.3. The lowest BCUT2D eigenvalue weighted by molar-refractivity contribution is -0.126. The van der Waals surface area contributed by atoms with Gasteiger partial charge in [0.25, 0.3) is 0 Å². The van der Waals surface area contributed by atoms with E-state index in [0.717, 1.165) is 19.5 Å². The molecule has 14 heavy (non-hydrogen) atoms. The van der Waals surface area contributed by atoms with Crippen LogP contribution in [0.1, 0.15) is 20.3 Å². The van der Waals surface area contributed by atoms with Crippen LogP contribution in [0.15, 0.2) is 0 Å². The van der Waals surface area contributed by atoms with Gasteiger partial charge in [0.05, 0.1) is 18.6 Å². The monoisotopic (exact) mass is 200 g/mol. The van der Waals surface area contributed by atoms with Crippen LogP contribution in [-0.4, -0.2) is 36.8 Å². The number of aliphatic hydroxyl groups excluding tert-OH is 1. The summed E-state index contributed by atoms with van der Waals surface area (Å²) in [6, 6.07) is -0.0877. The zero-order valence-corrected chi connectivity index (χ0v) is 8.92. The average molecular weight is 200 g/mol. The van der Waals surface area contributed by atoms with Crippen molar-refractivity contribution in [3.63, 3.8) is 0 Å². The van der Waals surface area contributed by atoms with E-state index >= 15 is 0 Å². The van der Waals surface area contributed by atoms with E-state index in [2.05, 4.69) is 17.6 Å². The zero-order chi connectivity index (χ0) is 10.6. The zero-order valence-electron chi connectivity index (χ0n) is 8.92. The van der Waals surface area contributed by atoms with E-state index in [0.29, 0.717) is 5.92 Å². The van der Waals surface area contributed by atoms with E-state index in [9.17, 15) is 4.79 Å². The van der Waals surface area contributed by atoms with Crippen LogP contribution in [0.5, 0.6) is 0 Å². The van der Waals surface area contributed by atoms with Crippen LogP contribution >= 0.6 is 0 Å². The van der Waals surface area contributed by atoms with Crippen molar-refractivity contribution in [1.82, 2.24) is 10.6 Å². The Morgan fingerprint density at radius 2 is 2.36 bits per heavy atom. The van der Waals surface area contributed by atoms with Crippen LogP contribution in [0.2, 0.25) is 0 Å². The Kier molecular flexibility index (Phi) is 4.35. The summed E-state index contributed by atoms with van der Waals surface area (Å²) < 4.78 is 0. The van der Waals surface area contributed by atoms with Crippen molar-refractivity contribution in [2.24, 2.45) is 11.8 Å². The summed E-state index contributed by atoms with van der Waals surface area (Å²) in [5, 5.41) is 15.0. The Bertz CT molecular complexity index is 193. The highest BCUT2D eigenvalue weighted by Gasteiger charge is 2.30. The molecule has 0 unspecified atom stereocenters. The van der Waals surface area contributed by atoms with Crippen molar-refractivity contribution in [3.05, 3.63) is 0 Å². The van der Waals surface area contributed by atoms with Crippen molar-refractivity contribution in [2.75, 3.05) is 19.7 Å². The van der Waals surface area contributed by atoms with Crippen molar-refractivity contribution in [2.45, 2.75) is 26.3 Å². The van der Waals surface area contributed by atoms with Gasteiger partial charge in [-0.15, -0.1) is 0 Å². The Balaban J connectivity index is 2.40. The minimum atomic E-state index is -0.0877. The fourth-order valence-electron chi connectivity index (χ4n) is 1.75. The summed E-state index contributed by atoms with van der Waals surface area (Å²) >= 11 is 0. The average Bonchev–Trinajstić information content (AvgIpc) is 2.60. The van der Waals surface area contributed by atoms with Crippen LogP contribution < -0.4 is 10.6 Å². The largest absolute Gasteiger partial charge is 0.394 e. The van der Waals surface area contributed by atoms with Gasteiger partial charge in [0.15, 0.2) is 0 Å². The summed E-state index contributed by atoms with van der Waals surface area (Å²) in [7, 11) is 0. The molecule has 1 fully saturated rings. The molecule has 1 amide bonds. The van der Waals surface area contributed by atoms with Gasteiger partial charge in [0.1, 0.15) is 0 Å². The fourth-order valence-corrected chi connectivity index (χ4v) is 1.75. The van der Waals surface area contributed by atoms with Gasteiger partial charge in [-0.2, -0.15) is 0 Å². The third-order valence-electron chi connectivity index (χ3n) is 2.91. The van der Waals surface area contributed by atoms with Crippen molar-refractivity contribution in [3.8, 4) is 0 Å². The minimum Gasteiger partial charge on any atom is -0.394 e. The summed E-state index contributed by atoms with van der Waals surface area (Å²) in [6.07, 6.45) is 0.775. The molecule has 0 aromatic carbocycles. The third-order valence-corrected chi connectivity index (χ3v) is 2.91. The number of carbonyl (C=O) groups is 1. The Morgan fingerprint density at radius 1 is 1.64 bits per heavy atom. The van der Waals surface area contributed by atoms with E-state index in [1.807, 2.05) is 6.92 Å². The molecule has 82 valence electrons. The summed E-state index contributed by atoms with van der Waals surface area (Å²) in [4.78, 5) is 11.7. The first kappa shape index (κ1) is 11.5. The van der Waals surface area contributed by atoms with Gasteiger partial charge in [-0.1, -0.05) is 13.8 Å². The summed E-state index contributed by atoms with van der Waals surface area (Å²) in [5.74, 6) is 0.533. The quantitative estimate of drug-likeness (QED) is 0.585. The van der Waals surface area contributed by atoms with E-state index in [-0.39, 0.29) is 24.5 Å². The molecule has 1 rings (SSSR count). The van der Waals surface area contributed by atoms with Gasteiger partial charge in [0, 0.05) is 6.54 Å². The van der Waals surface area contributed by atoms with Crippen LogP contribution in [-0.2, 0) is 4.79 Å². The van der Waals surface area contributed by atoms with Gasteiger partial charge in [-0.3, -0.25) is 4.79 Å². The van der Waals surface area contributed by atoms with Crippen LogP contribution in [0, 0.1) is 11.8 Å². The molecule has 3 atom stereocenters. The van der Waals surface area contributed by atoms with Gasteiger partial charge >= 0.3 is 0 Å². The van der Waals surface area contributed by atoms with E-state index in [1.54, 1.807) is 0 Å². The second kappa shape index (κ2) is 5.32. The lowest BCUT2D eigenvalue weighted by Crippen LogP contribution is -2.42. The minimum absolute atomic E-state index is 0.0246. The Hall–Kier alpha value is -0.610. The summed E-state index contributed by atoms with van der Waals surface area (Å²) in [5.41, 5.74) is 0. The molecular formula is C10H20N2O2. The molecule has 0 spiro atoms.